The Bertz CT molecular complexity index is 1310. The lowest BCUT2D eigenvalue weighted by atomic mass is 10.0. The van der Waals surface area contributed by atoms with Crippen LogP contribution < -0.4 is 14.3 Å². The summed E-state index contributed by atoms with van der Waals surface area (Å²) in [5.74, 6) is 1.30. The number of methoxy groups -OCH3 is 2. The molecule has 0 aliphatic heterocycles. The monoisotopic (exact) mass is 429 g/mol. The molecule has 0 unspecified atom stereocenters. The molecule has 0 radical (unpaired) electrons. The second kappa shape index (κ2) is 9.45. The van der Waals surface area contributed by atoms with Gasteiger partial charge in [0, 0.05) is 16.5 Å². The van der Waals surface area contributed by atoms with Gasteiger partial charge < -0.3 is 9.47 Å². The molecule has 6 heteroatoms. The number of ether oxygens (including phenoxy) is 2. The predicted molar refractivity (Wildman–Crippen MR) is 128 cm³/mol. The van der Waals surface area contributed by atoms with Crippen molar-refractivity contribution < 1.29 is 9.47 Å². The first-order valence-electron chi connectivity index (χ1n) is 9.82. The van der Waals surface area contributed by atoms with Crippen molar-refractivity contribution in [2.45, 2.75) is 0 Å². The molecular weight excluding hydrogens is 406 g/mol. The molecule has 4 aromatic rings. The molecule has 3 aromatic carbocycles. The fraction of sp³-hybridized carbons (Fsp3) is 0.120. The molecule has 31 heavy (non-hydrogen) atoms. The SMILES string of the molecule is C=CCN=c1scc(-c2cccc3ccccc23)n1N=Cc1cccc(OC)c1OC. The van der Waals surface area contributed by atoms with Crippen LogP contribution in [-0.2, 0) is 0 Å². The summed E-state index contributed by atoms with van der Waals surface area (Å²) >= 11 is 1.55. The summed E-state index contributed by atoms with van der Waals surface area (Å²) in [6.45, 7) is 4.30. The molecule has 4 rings (SSSR count). The molecule has 0 bridgehead atoms. The Hall–Kier alpha value is -3.64. The molecule has 0 N–H and O–H groups in total. The molecule has 0 saturated carbocycles. The van der Waals surface area contributed by atoms with E-state index < -0.39 is 0 Å². The van der Waals surface area contributed by atoms with Crippen LogP contribution in [0.2, 0.25) is 0 Å². The molecule has 0 aliphatic carbocycles. The van der Waals surface area contributed by atoms with Crippen molar-refractivity contribution in [2.75, 3.05) is 20.8 Å². The molecule has 0 saturated heterocycles. The first-order chi connectivity index (χ1) is 15.3. The van der Waals surface area contributed by atoms with Gasteiger partial charge in [-0.1, -0.05) is 54.6 Å². The Labute approximate surface area is 185 Å². The average Bonchev–Trinajstić information content (AvgIpc) is 3.22. The highest BCUT2D eigenvalue weighted by Gasteiger charge is 2.12. The lowest BCUT2D eigenvalue weighted by molar-refractivity contribution is 0.354. The Morgan fingerprint density at radius 1 is 1.00 bits per heavy atom. The van der Waals surface area contributed by atoms with Crippen LogP contribution in [0.3, 0.4) is 0 Å². The Kier molecular flexibility index (Phi) is 6.29. The van der Waals surface area contributed by atoms with Gasteiger partial charge in [-0.25, -0.2) is 4.68 Å². The van der Waals surface area contributed by atoms with Crippen LogP contribution in [0.25, 0.3) is 22.0 Å². The van der Waals surface area contributed by atoms with E-state index in [-0.39, 0.29) is 0 Å². The van der Waals surface area contributed by atoms with E-state index in [1.165, 1.54) is 10.8 Å². The number of aromatic nitrogens is 1. The predicted octanol–water partition coefficient (Wildman–Crippen LogP) is 5.36. The van der Waals surface area contributed by atoms with E-state index in [4.69, 9.17) is 14.6 Å². The largest absolute Gasteiger partial charge is 0.493 e. The highest BCUT2D eigenvalue weighted by atomic mass is 32.1. The third-order valence-electron chi connectivity index (χ3n) is 4.85. The van der Waals surface area contributed by atoms with Gasteiger partial charge >= 0.3 is 0 Å². The minimum atomic E-state index is 0.521. The summed E-state index contributed by atoms with van der Waals surface area (Å²) in [5, 5.41) is 9.23. The van der Waals surface area contributed by atoms with E-state index in [9.17, 15) is 0 Å². The van der Waals surface area contributed by atoms with Crippen LogP contribution in [0.1, 0.15) is 5.56 Å². The van der Waals surface area contributed by atoms with Crippen LogP contribution >= 0.6 is 11.3 Å². The molecular formula is C25H23N3O2S. The van der Waals surface area contributed by atoms with Crippen LogP contribution in [0, 0.1) is 0 Å². The van der Waals surface area contributed by atoms with Gasteiger partial charge in [0.05, 0.1) is 32.7 Å². The summed E-state index contributed by atoms with van der Waals surface area (Å²) in [6, 6.07) is 20.3. The van der Waals surface area contributed by atoms with Crippen molar-refractivity contribution in [1.82, 2.24) is 4.68 Å². The Balaban J connectivity index is 1.89. The van der Waals surface area contributed by atoms with Crippen molar-refractivity contribution in [2.24, 2.45) is 10.1 Å². The number of para-hydroxylation sites is 1. The van der Waals surface area contributed by atoms with Gasteiger partial charge in [0.15, 0.2) is 11.5 Å². The number of nitrogens with zero attached hydrogens (tertiary/aromatic N) is 3. The summed E-state index contributed by atoms with van der Waals surface area (Å²) in [4.78, 5) is 5.43. The molecule has 0 aliphatic rings. The molecule has 0 atom stereocenters. The number of rotatable bonds is 7. The second-order valence-electron chi connectivity index (χ2n) is 6.70. The number of benzene rings is 3. The van der Waals surface area contributed by atoms with Gasteiger partial charge in [-0.15, -0.1) is 17.9 Å². The first-order valence-corrected chi connectivity index (χ1v) is 10.7. The van der Waals surface area contributed by atoms with Gasteiger partial charge in [0.2, 0.25) is 4.80 Å². The third-order valence-corrected chi connectivity index (χ3v) is 5.71. The van der Waals surface area contributed by atoms with Crippen LogP contribution in [-0.4, -0.2) is 31.7 Å². The Morgan fingerprint density at radius 2 is 1.81 bits per heavy atom. The van der Waals surface area contributed by atoms with Gasteiger partial charge in [-0.2, -0.15) is 5.10 Å². The smallest absolute Gasteiger partial charge is 0.206 e. The molecule has 5 nitrogen and oxygen atoms in total. The molecule has 156 valence electrons. The number of hydrogen-bond donors (Lipinski definition) is 0. The zero-order chi connectivity index (χ0) is 21.6. The molecule has 1 aromatic heterocycles. The lowest BCUT2D eigenvalue weighted by Crippen LogP contribution is -2.12. The molecule has 0 spiro atoms. The summed E-state index contributed by atoms with van der Waals surface area (Å²) in [5.41, 5.74) is 2.89. The standard InChI is InChI=1S/C25H23N3O2S/c1-4-15-26-25-28(27-16-19-11-8-14-23(29-2)24(19)30-3)22(17-31-25)21-13-7-10-18-9-5-6-12-20(18)21/h4-14,16-17H,1,15H2,2-3H3. The van der Waals surface area contributed by atoms with Crippen molar-refractivity contribution in [3.63, 3.8) is 0 Å². The maximum atomic E-state index is 5.55. The average molecular weight is 430 g/mol. The van der Waals surface area contributed by atoms with E-state index >= 15 is 0 Å². The molecule has 1 heterocycles. The van der Waals surface area contributed by atoms with E-state index in [1.807, 2.05) is 28.9 Å². The van der Waals surface area contributed by atoms with Gasteiger partial charge in [0.1, 0.15) is 0 Å². The molecule has 0 amide bonds. The van der Waals surface area contributed by atoms with E-state index in [1.54, 1.807) is 37.8 Å². The van der Waals surface area contributed by atoms with Crippen LogP contribution in [0.15, 0.2) is 88.8 Å². The Morgan fingerprint density at radius 3 is 2.61 bits per heavy atom. The van der Waals surface area contributed by atoms with Gasteiger partial charge in [0.25, 0.3) is 0 Å². The number of hydrogen-bond acceptors (Lipinski definition) is 5. The minimum Gasteiger partial charge on any atom is -0.493 e. The van der Waals surface area contributed by atoms with Crippen LogP contribution in [0.5, 0.6) is 11.5 Å². The molecule has 0 fully saturated rings. The zero-order valence-corrected chi connectivity index (χ0v) is 18.3. The van der Waals surface area contributed by atoms with Crippen LogP contribution in [0.4, 0.5) is 0 Å². The van der Waals surface area contributed by atoms with Gasteiger partial charge in [-0.05, 0) is 22.9 Å². The highest BCUT2D eigenvalue weighted by molar-refractivity contribution is 7.07. The summed E-state index contributed by atoms with van der Waals surface area (Å²) < 4.78 is 12.8. The highest BCUT2D eigenvalue weighted by Crippen LogP contribution is 2.31. The van der Waals surface area contributed by atoms with Crippen molar-refractivity contribution in [3.8, 4) is 22.8 Å². The maximum Gasteiger partial charge on any atom is 0.206 e. The van der Waals surface area contributed by atoms with E-state index in [2.05, 4.69) is 53.3 Å². The fourth-order valence-corrected chi connectivity index (χ4v) is 4.27. The van der Waals surface area contributed by atoms with E-state index in [0.717, 1.165) is 21.6 Å². The zero-order valence-electron chi connectivity index (χ0n) is 17.5. The van der Waals surface area contributed by atoms with Gasteiger partial charge in [-0.3, -0.25) is 4.99 Å². The minimum absolute atomic E-state index is 0.521. The van der Waals surface area contributed by atoms with Crippen molar-refractivity contribution >= 4 is 28.3 Å². The third kappa shape index (κ3) is 4.15. The quantitative estimate of drug-likeness (QED) is 0.293. The van der Waals surface area contributed by atoms with Crippen molar-refractivity contribution in [1.29, 1.82) is 0 Å². The summed E-state index contributed by atoms with van der Waals surface area (Å²) in [7, 11) is 3.25. The first kappa shape index (κ1) is 20.6. The van der Waals surface area contributed by atoms with E-state index in [0.29, 0.717) is 18.0 Å². The topological polar surface area (TPSA) is 48.1 Å². The lowest BCUT2D eigenvalue weighted by Gasteiger charge is -2.10. The maximum absolute atomic E-state index is 5.55. The number of fused-ring (bicyclic) bond motifs is 1. The fourth-order valence-electron chi connectivity index (χ4n) is 3.43. The summed E-state index contributed by atoms with van der Waals surface area (Å²) in [6.07, 6.45) is 3.55. The van der Waals surface area contributed by atoms with Crippen molar-refractivity contribution in [3.05, 3.63) is 89.1 Å². The normalized spacial score (nSPS) is 11.9. The second-order valence-corrected chi connectivity index (χ2v) is 7.54. The number of thiazole rings is 1.